The summed E-state index contributed by atoms with van der Waals surface area (Å²) in [7, 11) is 0. The number of piperidine rings is 1. The van der Waals surface area contributed by atoms with Gasteiger partial charge in [0.05, 0.1) is 16.6 Å². The fraction of sp³-hybridized carbons (Fsp3) is 0.261. The van der Waals surface area contributed by atoms with Gasteiger partial charge in [0.2, 0.25) is 0 Å². The molecule has 5 heteroatoms. The lowest BCUT2D eigenvalue weighted by Gasteiger charge is -2.31. The van der Waals surface area contributed by atoms with E-state index in [1.165, 1.54) is 5.56 Å². The smallest absolute Gasteiger partial charge is 0.253 e. The topological polar surface area (TPSA) is 61.9 Å². The van der Waals surface area contributed by atoms with Crippen LogP contribution in [-0.2, 0) is 0 Å². The third-order valence-corrected chi connectivity index (χ3v) is 5.75. The first-order chi connectivity index (χ1) is 13.7. The molecule has 5 nitrogen and oxygen atoms in total. The minimum Gasteiger partial charge on any atom is -0.342 e. The lowest BCUT2D eigenvalue weighted by atomic mass is 9.95. The molecule has 0 spiro atoms. The average Bonchev–Trinajstić information content (AvgIpc) is 3.19. The van der Waals surface area contributed by atoms with Gasteiger partial charge in [-0.1, -0.05) is 18.2 Å². The number of hydrogen-bond donors (Lipinski definition) is 1. The molecule has 0 unspecified atom stereocenters. The van der Waals surface area contributed by atoms with Crippen molar-refractivity contribution in [1.29, 1.82) is 0 Å². The summed E-state index contributed by atoms with van der Waals surface area (Å²) in [5.41, 5.74) is 4.99. The average molecular weight is 370 g/mol. The number of para-hydroxylation sites is 1. The van der Waals surface area contributed by atoms with Crippen molar-refractivity contribution < 1.29 is 4.79 Å². The maximum atomic E-state index is 13.0. The fourth-order valence-electron chi connectivity index (χ4n) is 4.14. The van der Waals surface area contributed by atoms with Crippen molar-refractivity contribution in [2.75, 3.05) is 13.1 Å². The van der Waals surface area contributed by atoms with Crippen LogP contribution in [-0.4, -0.2) is 38.8 Å². The maximum absolute atomic E-state index is 13.0. The highest BCUT2D eigenvalue weighted by atomic mass is 16.2. The van der Waals surface area contributed by atoms with Gasteiger partial charge in [0.15, 0.2) is 0 Å². The maximum Gasteiger partial charge on any atom is 0.253 e. The van der Waals surface area contributed by atoms with Gasteiger partial charge in [0.25, 0.3) is 5.91 Å². The van der Waals surface area contributed by atoms with Gasteiger partial charge in [0.1, 0.15) is 5.82 Å². The third kappa shape index (κ3) is 2.93. The summed E-state index contributed by atoms with van der Waals surface area (Å²) in [6.07, 6.45) is 3.63. The first kappa shape index (κ1) is 16.9. The Kier molecular flexibility index (Phi) is 4.08. The Morgan fingerprint density at radius 2 is 1.96 bits per heavy atom. The van der Waals surface area contributed by atoms with Crippen LogP contribution in [0.5, 0.6) is 0 Å². The molecule has 140 valence electrons. The SMILES string of the molecule is Cc1cccc2[nH]c(C3CCN(C(=O)c4ccc5ncccc5c4)CC3)nc12. The van der Waals surface area contributed by atoms with Gasteiger partial charge in [-0.15, -0.1) is 0 Å². The van der Waals surface area contributed by atoms with Crippen molar-refractivity contribution in [3.63, 3.8) is 0 Å². The van der Waals surface area contributed by atoms with Crippen molar-refractivity contribution >= 4 is 27.8 Å². The molecule has 0 radical (unpaired) electrons. The molecule has 2 aromatic carbocycles. The normalized spacial score (nSPS) is 15.4. The number of aromatic amines is 1. The summed E-state index contributed by atoms with van der Waals surface area (Å²) in [6, 6.07) is 15.9. The highest BCUT2D eigenvalue weighted by Gasteiger charge is 2.26. The summed E-state index contributed by atoms with van der Waals surface area (Å²) in [5.74, 6) is 1.52. The molecule has 1 saturated heterocycles. The van der Waals surface area contributed by atoms with Crippen molar-refractivity contribution in [2.24, 2.45) is 0 Å². The van der Waals surface area contributed by atoms with Gasteiger partial charge in [0, 0.05) is 36.2 Å². The van der Waals surface area contributed by atoms with Gasteiger partial charge in [-0.05, 0) is 55.7 Å². The van der Waals surface area contributed by atoms with Crippen LogP contribution in [0.2, 0.25) is 0 Å². The summed E-state index contributed by atoms with van der Waals surface area (Å²) >= 11 is 0. The van der Waals surface area contributed by atoms with Crippen LogP contribution in [0.25, 0.3) is 21.9 Å². The van der Waals surface area contributed by atoms with E-state index >= 15 is 0 Å². The minimum atomic E-state index is 0.102. The zero-order valence-electron chi connectivity index (χ0n) is 15.9. The molecule has 0 atom stereocenters. The van der Waals surface area contributed by atoms with Crippen LogP contribution in [0.3, 0.4) is 0 Å². The van der Waals surface area contributed by atoms with E-state index in [0.717, 1.165) is 59.3 Å². The zero-order valence-corrected chi connectivity index (χ0v) is 15.9. The lowest BCUT2D eigenvalue weighted by Crippen LogP contribution is -2.38. The molecular weight excluding hydrogens is 348 g/mol. The highest BCUT2D eigenvalue weighted by molar-refractivity contribution is 5.98. The Hall–Kier alpha value is -3.21. The highest BCUT2D eigenvalue weighted by Crippen LogP contribution is 2.29. The van der Waals surface area contributed by atoms with Crippen molar-refractivity contribution in [3.8, 4) is 0 Å². The molecule has 0 saturated carbocycles. The van der Waals surface area contributed by atoms with Crippen molar-refractivity contribution in [2.45, 2.75) is 25.7 Å². The molecule has 2 aromatic heterocycles. The van der Waals surface area contributed by atoms with Crippen LogP contribution in [0, 0.1) is 6.92 Å². The Morgan fingerprint density at radius 3 is 2.79 bits per heavy atom. The minimum absolute atomic E-state index is 0.102. The van der Waals surface area contributed by atoms with Crippen LogP contribution in [0.15, 0.2) is 54.7 Å². The van der Waals surface area contributed by atoms with Crippen molar-refractivity contribution in [3.05, 3.63) is 71.7 Å². The monoisotopic (exact) mass is 370 g/mol. The molecule has 1 fully saturated rings. The number of fused-ring (bicyclic) bond motifs is 2. The summed E-state index contributed by atoms with van der Waals surface area (Å²) in [6.45, 7) is 3.60. The number of carbonyl (C=O) groups is 1. The van der Waals surface area contributed by atoms with Gasteiger partial charge in [-0.3, -0.25) is 9.78 Å². The number of pyridine rings is 1. The first-order valence-electron chi connectivity index (χ1n) is 9.78. The van der Waals surface area contributed by atoms with Gasteiger partial charge in [-0.25, -0.2) is 4.98 Å². The van der Waals surface area contributed by atoms with E-state index in [1.54, 1.807) is 6.20 Å². The van der Waals surface area contributed by atoms with Crippen LogP contribution < -0.4 is 0 Å². The number of rotatable bonds is 2. The summed E-state index contributed by atoms with van der Waals surface area (Å²) in [5, 5.41) is 1.00. The number of likely N-dealkylation sites (tertiary alicyclic amines) is 1. The van der Waals surface area contributed by atoms with E-state index in [2.05, 4.69) is 35.1 Å². The summed E-state index contributed by atoms with van der Waals surface area (Å²) in [4.78, 5) is 27.6. The largest absolute Gasteiger partial charge is 0.342 e. The Labute approximate surface area is 163 Å². The second kappa shape index (κ2) is 6.75. The Morgan fingerprint density at radius 1 is 1.11 bits per heavy atom. The molecule has 4 aromatic rings. The standard InChI is InChI=1S/C23H22N4O/c1-15-4-2-6-20-21(15)26-22(25-20)16-9-12-27(13-10-16)23(28)18-7-8-19-17(14-18)5-3-11-24-19/h2-8,11,14,16H,9-10,12-13H2,1H3,(H,25,26). The molecular formula is C23H22N4O. The number of nitrogens with one attached hydrogen (secondary N) is 1. The number of carbonyl (C=O) groups excluding carboxylic acids is 1. The zero-order chi connectivity index (χ0) is 19.1. The van der Waals surface area contributed by atoms with E-state index in [9.17, 15) is 4.79 Å². The number of benzene rings is 2. The molecule has 1 N–H and O–H groups in total. The molecule has 3 heterocycles. The lowest BCUT2D eigenvalue weighted by molar-refractivity contribution is 0.0711. The quantitative estimate of drug-likeness (QED) is 0.567. The van der Waals surface area contributed by atoms with Crippen LogP contribution in [0.1, 0.15) is 40.5 Å². The van der Waals surface area contributed by atoms with Gasteiger partial charge in [-0.2, -0.15) is 0 Å². The number of imidazole rings is 1. The van der Waals surface area contributed by atoms with E-state index < -0.39 is 0 Å². The number of aromatic nitrogens is 3. The van der Waals surface area contributed by atoms with Crippen molar-refractivity contribution in [1.82, 2.24) is 19.9 Å². The molecule has 1 aliphatic heterocycles. The molecule has 28 heavy (non-hydrogen) atoms. The molecule has 5 rings (SSSR count). The number of amides is 1. The third-order valence-electron chi connectivity index (χ3n) is 5.75. The molecule has 1 aliphatic rings. The molecule has 0 aliphatic carbocycles. The summed E-state index contributed by atoms with van der Waals surface area (Å²) < 4.78 is 0. The van der Waals surface area contributed by atoms with Crippen LogP contribution >= 0.6 is 0 Å². The number of H-pyrrole nitrogens is 1. The number of hydrogen-bond acceptors (Lipinski definition) is 3. The molecule has 1 amide bonds. The Balaban J connectivity index is 1.31. The fourth-order valence-corrected chi connectivity index (χ4v) is 4.14. The predicted molar refractivity (Wildman–Crippen MR) is 110 cm³/mol. The van der Waals surface area contributed by atoms with E-state index in [1.807, 2.05) is 35.2 Å². The van der Waals surface area contributed by atoms with E-state index in [0.29, 0.717) is 5.92 Å². The predicted octanol–water partition coefficient (Wildman–Crippen LogP) is 4.44. The van der Waals surface area contributed by atoms with E-state index in [4.69, 9.17) is 4.98 Å². The second-order valence-electron chi connectivity index (χ2n) is 7.57. The Bertz CT molecular complexity index is 1170. The first-order valence-corrected chi connectivity index (χ1v) is 9.78. The second-order valence-corrected chi connectivity index (χ2v) is 7.57. The van der Waals surface area contributed by atoms with Gasteiger partial charge >= 0.3 is 0 Å². The number of aryl methyl sites for hydroxylation is 1. The van der Waals surface area contributed by atoms with Gasteiger partial charge < -0.3 is 9.88 Å². The molecule has 0 bridgehead atoms. The van der Waals surface area contributed by atoms with Crippen LogP contribution in [0.4, 0.5) is 0 Å². The van der Waals surface area contributed by atoms with E-state index in [-0.39, 0.29) is 5.91 Å². The number of nitrogens with zero attached hydrogens (tertiary/aromatic N) is 3.